The summed E-state index contributed by atoms with van der Waals surface area (Å²) in [6.45, 7) is 3.72. The van der Waals surface area contributed by atoms with Crippen LogP contribution in [-0.2, 0) is 38.7 Å². The Labute approximate surface area is 382 Å². The summed E-state index contributed by atoms with van der Waals surface area (Å²) < 4.78 is 33.2. The highest BCUT2D eigenvalue weighted by molar-refractivity contribution is 7.13. The Balaban J connectivity index is 0.00000228. The lowest BCUT2D eigenvalue weighted by atomic mass is 9.88. The first-order chi connectivity index (χ1) is 31.6. The number of nitrogens with zero attached hydrogens (tertiary/aromatic N) is 6. The highest BCUT2D eigenvalue weighted by atomic mass is 32.1. The molecule has 0 aliphatic carbocycles. The van der Waals surface area contributed by atoms with Gasteiger partial charge in [0.15, 0.2) is 11.2 Å². The Bertz CT molecular complexity index is 2670. The molecule has 14 nitrogen and oxygen atoms in total. The molecule has 0 saturated carbocycles. The number of hydrogen-bond donors (Lipinski definition) is 3. The van der Waals surface area contributed by atoms with E-state index in [-0.39, 0.29) is 57.8 Å². The summed E-state index contributed by atoms with van der Waals surface area (Å²) in [5.74, 6) is -2.02. The highest BCUT2D eigenvalue weighted by Crippen LogP contribution is 2.39. The van der Waals surface area contributed by atoms with E-state index >= 15 is 8.78 Å². The van der Waals surface area contributed by atoms with Gasteiger partial charge >= 0.3 is 0 Å². The summed E-state index contributed by atoms with van der Waals surface area (Å²) in [6.07, 6.45) is 8.64. The predicted molar refractivity (Wildman–Crippen MR) is 245 cm³/mol. The largest absolute Gasteiger partial charge is 0.374 e. The molecule has 3 aromatic carbocycles. The zero-order chi connectivity index (χ0) is 44.8. The van der Waals surface area contributed by atoms with E-state index in [4.69, 9.17) is 0 Å². The van der Waals surface area contributed by atoms with Crippen molar-refractivity contribution >= 4 is 51.7 Å². The summed E-state index contributed by atoms with van der Waals surface area (Å²) in [6, 6.07) is 14.5. The number of fused-ring (bicyclic) bond motifs is 2. The second-order valence-corrected chi connectivity index (χ2v) is 18.6. The van der Waals surface area contributed by atoms with Crippen LogP contribution >= 0.6 is 11.3 Å². The number of carbonyl (C=O) groups is 5. The fourth-order valence-corrected chi connectivity index (χ4v) is 10.8. The van der Waals surface area contributed by atoms with Gasteiger partial charge in [0.2, 0.25) is 17.7 Å². The average Bonchev–Trinajstić information content (AvgIpc) is 4.13. The van der Waals surface area contributed by atoms with Crippen LogP contribution in [0.15, 0.2) is 72.5 Å². The van der Waals surface area contributed by atoms with Crippen LogP contribution in [0.4, 0.5) is 19.6 Å². The van der Waals surface area contributed by atoms with Gasteiger partial charge in [-0.05, 0) is 116 Å². The van der Waals surface area contributed by atoms with Gasteiger partial charge in [-0.15, -0.1) is 11.3 Å². The maximum atomic E-state index is 16.0. The van der Waals surface area contributed by atoms with E-state index in [0.29, 0.717) is 66.8 Å². The molecular weight excluding hydrogens is 853 g/mol. The molecule has 10 rings (SSSR count). The summed E-state index contributed by atoms with van der Waals surface area (Å²) >= 11 is 1.27. The first-order valence-electron chi connectivity index (χ1n) is 22.4. The van der Waals surface area contributed by atoms with Gasteiger partial charge in [-0.25, -0.2) is 18.7 Å². The topological polar surface area (TPSA) is 162 Å². The van der Waals surface area contributed by atoms with Crippen molar-refractivity contribution in [2.24, 2.45) is 0 Å². The predicted octanol–water partition coefficient (Wildman–Crippen LogP) is 7.11. The lowest BCUT2D eigenvalue weighted by molar-refractivity contribution is -0.134. The van der Waals surface area contributed by atoms with Gasteiger partial charge in [0.05, 0.1) is 25.1 Å². The number of halogens is 2. The molecule has 5 aliphatic heterocycles. The van der Waals surface area contributed by atoms with Crippen molar-refractivity contribution in [1.29, 1.82) is 0 Å². The third kappa shape index (κ3) is 8.66. The number of likely N-dealkylation sites (tertiary alicyclic amines) is 2. The zero-order valence-corrected chi connectivity index (χ0v) is 36.5. The molecule has 7 heterocycles. The number of carbonyl (C=O) groups excluding carboxylic acids is 5. The molecule has 65 heavy (non-hydrogen) atoms. The summed E-state index contributed by atoms with van der Waals surface area (Å²) in [5.41, 5.74) is 5.51. The van der Waals surface area contributed by atoms with E-state index in [2.05, 4.69) is 30.8 Å². The lowest BCUT2D eigenvalue weighted by Gasteiger charge is -2.36. The third-order valence-corrected chi connectivity index (χ3v) is 14.5. The minimum absolute atomic E-state index is 0. The first-order valence-corrected chi connectivity index (χ1v) is 23.3. The van der Waals surface area contributed by atoms with Gasteiger partial charge in [0.1, 0.15) is 17.7 Å². The number of aryl methyl sites for hydroxylation is 1. The molecule has 3 N–H and O–H groups in total. The smallest absolute Gasteiger partial charge is 0.255 e. The maximum Gasteiger partial charge on any atom is 0.255 e. The summed E-state index contributed by atoms with van der Waals surface area (Å²) in [4.78, 5) is 79.3. The Hall–Kier alpha value is -6.33. The minimum Gasteiger partial charge on any atom is -0.374 e. The van der Waals surface area contributed by atoms with Crippen molar-refractivity contribution in [3.05, 3.63) is 118 Å². The molecule has 342 valence electrons. The number of thiazole rings is 1. The molecule has 5 aromatic rings. The molecule has 1 unspecified atom stereocenters. The number of rotatable bonds is 11. The van der Waals surface area contributed by atoms with E-state index < -0.39 is 35.6 Å². The van der Waals surface area contributed by atoms with E-state index in [1.54, 1.807) is 36.1 Å². The second-order valence-electron chi connectivity index (χ2n) is 17.7. The van der Waals surface area contributed by atoms with E-state index in [1.807, 2.05) is 33.7 Å². The molecule has 0 spiro atoms. The van der Waals surface area contributed by atoms with Crippen molar-refractivity contribution in [3.8, 4) is 11.1 Å². The molecule has 5 amide bonds. The lowest BCUT2D eigenvalue weighted by Crippen LogP contribution is -2.47. The summed E-state index contributed by atoms with van der Waals surface area (Å²) in [5, 5.41) is 10.4. The van der Waals surface area contributed by atoms with Crippen LogP contribution in [0, 0.1) is 11.6 Å². The molecule has 5 aliphatic rings. The van der Waals surface area contributed by atoms with Crippen LogP contribution in [0.1, 0.15) is 106 Å². The fourth-order valence-electron chi connectivity index (χ4n) is 10.2. The van der Waals surface area contributed by atoms with E-state index in [9.17, 15) is 24.0 Å². The Morgan fingerprint density at radius 3 is 2.38 bits per heavy atom. The fraction of sp³-hybridized carbons (Fsp3) is 0.396. The molecule has 17 heteroatoms. The van der Waals surface area contributed by atoms with E-state index in [1.165, 1.54) is 28.4 Å². The molecule has 2 aromatic heterocycles. The Morgan fingerprint density at radius 1 is 0.862 bits per heavy atom. The number of anilines is 2. The van der Waals surface area contributed by atoms with Crippen molar-refractivity contribution < 1.29 is 37.0 Å². The molecule has 3 fully saturated rings. The number of amides is 5. The SMILES string of the molecule is O=C1CC[C@H](Nc2ccc(C3CCN(CC(=O)N4CCC(c5ccc(-c6cc(F)c7c(c6)C(=O)N(C(C(=O)Nc6nccs6)c6ncn8c6CCC8)C7)cc5)CC4)CC3)c(F)c2)C(=O)N1.[HH].[HH].[HH]. The molecule has 0 radical (unpaired) electrons. The zero-order valence-electron chi connectivity index (χ0n) is 35.7. The number of aromatic nitrogens is 3. The number of imidazole rings is 1. The average molecular weight is 908 g/mol. The van der Waals surface area contributed by atoms with Gasteiger partial charge in [0.25, 0.3) is 11.8 Å². The van der Waals surface area contributed by atoms with Gasteiger partial charge in [-0.3, -0.25) is 39.5 Å². The normalized spacial score (nSPS) is 19.8. The number of nitrogens with one attached hydrogen (secondary N) is 3. The van der Waals surface area contributed by atoms with Gasteiger partial charge in [0, 0.05) is 64.4 Å². The molecule has 2 atom stereocenters. The number of benzene rings is 3. The van der Waals surface area contributed by atoms with Crippen LogP contribution in [0.5, 0.6) is 0 Å². The molecular formula is C48H55F2N9O5S. The van der Waals surface area contributed by atoms with Crippen LogP contribution in [0.2, 0.25) is 0 Å². The van der Waals surface area contributed by atoms with Gasteiger partial charge in [-0.2, -0.15) is 0 Å². The number of hydrogen-bond acceptors (Lipinski definition) is 10. The first kappa shape index (κ1) is 42.6. The van der Waals surface area contributed by atoms with Crippen molar-refractivity contribution in [3.63, 3.8) is 0 Å². The Morgan fingerprint density at radius 2 is 1.65 bits per heavy atom. The maximum absolute atomic E-state index is 16.0. The van der Waals surface area contributed by atoms with E-state index in [0.717, 1.165) is 61.9 Å². The molecule has 3 saturated heterocycles. The second kappa shape index (κ2) is 17.9. The standard InChI is InChI=1S/C48H49F2N9O5S.3H2/c49-37-23-32(22-35-36(37)25-59(47(35)64)44(46(63)55-48-51-15-21-65-48)43-40-2-1-16-58(40)27-52-43)29-5-3-28(4-6-29)30-13-19-57(20-14-30)42(61)26-56-17-11-31(12-18-56)34-8-7-33(24-38(34)50)53-39-9-10-41(60)54-45(39)62;;;/h3-8,15,21-24,27,30-31,39,44,53H,1-2,9-14,16-20,25-26H2,(H,51,55,63)(H,54,60,62);3*1H/t39-,44?;;;/m0.../s1. The number of imide groups is 1. The highest BCUT2D eigenvalue weighted by Gasteiger charge is 2.42. The quantitative estimate of drug-likeness (QED) is 0.117. The van der Waals surface area contributed by atoms with Crippen molar-refractivity contribution in [2.75, 3.05) is 43.4 Å². The van der Waals surface area contributed by atoms with Crippen LogP contribution in [-0.4, -0.2) is 97.5 Å². The monoisotopic (exact) mass is 907 g/mol. The summed E-state index contributed by atoms with van der Waals surface area (Å²) in [7, 11) is 0. The van der Waals surface area contributed by atoms with Crippen LogP contribution < -0.4 is 16.0 Å². The van der Waals surface area contributed by atoms with Crippen molar-refractivity contribution in [1.82, 2.24) is 34.6 Å². The third-order valence-electron chi connectivity index (χ3n) is 13.8. The van der Waals surface area contributed by atoms with Crippen LogP contribution in [0.25, 0.3) is 11.1 Å². The van der Waals surface area contributed by atoms with Crippen molar-refractivity contribution in [2.45, 2.75) is 88.4 Å². The van der Waals surface area contributed by atoms with Gasteiger partial charge < -0.3 is 19.7 Å². The minimum atomic E-state index is -1.06. The van der Waals surface area contributed by atoms with Crippen LogP contribution in [0.3, 0.4) is 0 Å². The molecule has 0 bridgehead atoms. The number of piperidine rings is 3. The Kier molecular flexibility index (Phi) is 11.7. The van der Waals surface area contributed by atoms with Gasteiger partial charge in [-0.1, -0.05) is 30.3 Å².